The number of alkyl halides is 3. The van der Waals surface area contributed by atoms with E-state index in [1.807, 2.05) is 0 Å². The Labute approximate surface area is 149 Å². The van der Waals surface area contributed by atoms with Crippen molar-refractivity contribution >= 4 is 17.8 Å². The standard InChI is InChI=1S/C19H21F3O4/c1-12(2)26-17(24)18(25,15-4-3-5-16(15)23)11-10-13-6-8-14(9-7-13)19(20,21)22/h6-12,15,25H,3-5H2,1-2H3/b11-10+/t15-,18-/m1/s1. The molecule has 0 spiro atoms. The van der Waals surface area contributed by atoms with Gasteiger partial charge in [-0.1, -0.05) is 18.2 Å². The van der Waals surface area contributed by atoms with Crippen LogP contribution in [-0.4, -0.2) is 28.6 Å². The largest absolute Gasteiger partial charge is 0.461 e. The number of rotatable bonds is 5. The molecular weight excluding hydrogens is 349 g/mol. The summed E-state index contributed by atoms with van der Waals surface area (Å²) in [6.07, 6.45) is -1.27. The van der Waals surface area contributed by atoms with Crippen molar-refractivity contribution in [1.82, 2.24) is 0 Å². The zero-order chi connectivity index (χ0) is 19.5. The summed E-state index contributed by atoms with van der Waals surface area (Å²) >= 11 is 0. The Balaban J connectivity index is 2.30. The van der Waals surface area contributed by atoms with Gasteiger partial charge >= 0.3 is 12.1 Å². The molecule has 0 heterocycles. The van der Waals surface area contributed by atoms with Crippen LogP contribution in [0.25, 0.3) is 6.08 Å². The predicted octanol–water partition coefficient (Wildman–Crippen LogP) is 3.77. The normalized spacial score (nSPS) is 20.6. The molecule has 4 nitrogen and oxygen atoms in total. The van der Waals surface area contributed by atoms with Gasteiger partial charge < -0.3 is 9.84 Å². The number of carbonyl (C=O) groups is 2. The van der Waals surface area contributed by atoms with Gasteiger partial charge in [-0.25, -0.2) is 4.79 Å². The van der Waals surface area contributed by atoms with Gasteiger partial charge in [0.1, 0.15) is 5.78 Å². The maximum atomic E-state index is 12.6. The summed E-state index contributed by atoms with van der Waals surface area (Å²) in [7, 11) is 0. The van der Waals surface area contributed by atoms with Crippen LogP contribution in [0.15, 0.2) is 30.3 Å². The molecule has 2 rings (SSSR count). The van der Waals surface area contributed by atoms with Gasteiger partial charge in [0.15, 0.2) is 5.60 Å². The molecule has 1 aromatic rings. The van der Waals surface area contributed by atoms with Gasteiger partial charge in [0, 0.05) is 6.42 Å². The van der Waals surface area contributed by atoms with Gasteiger partial charge in [0.2, 0.25) is 0 Å². The number of Topliss-reactive ketones (excluding diaryl/α,β-unsaturated/α-hetero) is 1. The van der Waals surface area contributed by atoms with Gasteiger partial charge in [-0.15, -0.1) is 0 Å². The summed E-state index contributed by atoms with van der Waals surface area (Å²) in [4.78, 5) is 24.4. The molecule has 7 heteroatoms. The topological polar surface area (TPSA) is 63.6 Å². The van der Waals surface area contributed by atoms with Crippen molar-refractivity contribution in [2.24, 2.45) is 5.92 Å². The highest BCUT2D eigenvalue weighted by molar-refractivity contribution is 5.94. The second-order valence-corrected chi connectivity index (χ2v) is 6.64. The molecule has 1 aliphatic rings. The Hall–Kier alpha value is -2.15. The number of aliphatic hydroxyl groups is 1. The Morgan fingerprint density at radius 1 is 1.27 bits per heavy atom. The summed E-state index contributed by atoms with van der Waals surface area (Å²) < 4.78 is 42.9. The minimum absolute atomic E-state index is 0.231. The average Bonchev–Trinajstić information content (AvgIpc) is 2.98. The van der Waals surface area contributed by atoms with Crippen LogP contribution in [0, 0.1) is 5.92 Å². The number of carbonyl (C=O) groups excluding carboxylic acids is 2. The van der Waals surface area contributed by atoms with Crippen LogP contribution in [0.5, 0.6) is 0 Å². The lowest BCUT2D eigenvalue weighted by Gasteiger charge is -2.28. The lowest BCUT2D eigenvalue weighted by Crippen LogP contribution is -2.47. The molecule has 1 N–H and O–H groups in total. The fraction of sp³-hybridized carbons (Fsp3) is 0.474. The van der Waals surface area contributed by atoms with Crippen LogP contribution in [0.3, 0.4) is 0 Å². The van der Waals surface area contributed by atoms with Gasteiger partial charge in [-0.3, -0.25) is 4.79 Å². The van der Waals surface area contributed by atoms with Crippen molar-refractivity contribution in [3.8, 4) is 0 Å². The Morgan fingerprint density at radius 2 is 1.88 bits per heavy atom. The van der Waals surface area contributed by atoms with E-state index in [0.717, 1.165) is 18.2 Å². The van der Waals surface area contributed by atoms with E-state index in [4.69, 9.17) is 4.74 Å². The molecule has 0 aromatic heterocycles. The van der Waals surface area contributed by atoms with E-state index < -0.39 is 35.3 Å². The smallest absolute Gasteiger partial charge is 0.416 e. The SMILES string of the molecule is CC(C)OC(=O)[C@@](O)(/C=C/c1ccc(C(F)(F)F)cc1)[C@@H]1CCCC1=O. The molecule has 0 unspecified atom stereocenters. The number of halogens is 3. The fourth-order valence-corrected chi connectivity index (χ4v) is 2.92. The number of ketones is 1. The Bertz CT molecular complexity index is 692. The molecule has 0 amide bonds. The highest BCUT2D eigenvalue weighted by atomic mass is 19.4. The first kappa shape index (κ1) is 20.2. The molecule has 2 atom stereocenters. The molecule has 0 saturated heterocycles. The molecule has 1 aromatic carbocycles. The van der Waals surface area contributed by atoms with E-state index in [1.54, 1.807) is 13.8 Å². The minimum Gasteiger partial charge on any atom is -0.461 e. The van der Waals surface area contributed by atoms with Crippen molar-refractivity contribution < 1.29 is 32.6 Å². The number of esters is 1. The van der Waals surface area contributed by atoms with E-state index in [2.05, 4.69) is 0 Å². The monoisotopic (exact) mass is 370 g/mol. The maximum absolute atomic E-state index is 12.6. The molecule has 0 aliphatic heterocycles. The average molecular weight is 370 g/mol. The van der Waals surface area contributed by atoms with Gasteiger partial charge in [0.25, 0.3) is 0 Å². The quantitative estimate of drug-likeness (QED) is 0.802. The maximum Gasteiger partial charge on any atom is 0.416 e. The first-order chi connectivity index (χ1) is 12.0. The summed E-state index contributed by atoms with van der Waals surface area (Å²) in [5.41, 5.74) is -2.57. The molecular formula is C19H21F3O4. The number of hydrogen-bond donors (Lipinski definition) is 1. The van der Waals surface area contributed by atoms with Crippen LogP contribution in [0.2, 0.25) is 0 Å². The summed E-state index contributed by atoms with van der Waals surface area (Å²) in [5, 5.41) is 10.9. The summed E-state index contributed by atoms with van der Waals surface area (Å²) in [5.74, 6) is -2.08. The number of hydrogen-bond acceptors (Lipinski definition) is 4. The summed E-state index contributed by atoms with van der Waals surface area (Å²) in [6, 6.07) is 4.27. The molecule has 26 heavy (non-hydrogen) atoms. The van der Waals surface area contributed by atoms with E-state index in [-0.39, 0.29) is 12.2 Å². The first-order valence-corrected chi connectivity index (χ1v) is 8.36. The lowest BCUT2D eigenvalue weighted by molar-refractivity contribution is -0.170. The third-order valence-corrected chi connectivity index (χ3v) is 4.27. The van der Waals surface area contributed by atoms with E-state index in [1.165, 1.54) is 18.2 Å². The van der Waals surface area contributed by atoms with E-state index in [0.29, 0.717) is 18.4 Å². The van der Waals surface area contributed by atoms with Crippen molar-refractivity contribution in [2.45, 2.75) is 51.0 Å². The van der Waals surface area contributed by atoms with Crippen molar-refractivity contribution in [2.75, 3.05) is 0 Å². The molecule has 1 saturated carbocycles. The van der Waals surface area contributed by atoms with Crippen LogP contribution in [0.4, 0.5) is 13.2 Å². The first-order valence-electron chi connectivity index (χ1n) is 8.36. The van der Waals surface area contributed by atoms with E-state index >= 15 is 0 Å². The number of ether oxygens (including phenoxy) is 1. The third-order valence-electron chi connectivity index (χ3n) is 4.27. The second-order valence-electron chi connectivity index (χ2n) is 6.64. The van der Waals surface area contributed by atoms with Gasteiger partial charge in [-0.2, -0.15) is 13.2 Å². The van der Waals surface area contributed by atoms with Crippen molar-refractivity contribution in [1.29, 1.82) is 0 Å². The van der Waals surface area contributed by atoms with Crippen molar-refractivity contribution in [3.05, 3.63) is 41.5 Å². The van der Waals surface area contributed by atoms with Crippen LogP contribution >= 0.6 is 0 Å². The van der Waals surface area contributed by atoms with Gasteiger partial charge in [0.05, 0.1) is 17.6 Å². The lowest BCUT2D eigenvalue weighted by atomic mass is 9.84. The zero-order valence-electron chi connectivity index (χ0n) is 14.5. The minimum atomic E-state index is -4.44. The van der Waals surface area contributed by atoms with Gasteiger partial charge in [-0.05, 0) is 50.5 Å². The Morgan fingerprint density at radius 3 is 2.35 bits per heavy atom. The van der Waals surface area contributed by atoms with Crippen LogP contribution < -0.4 is 0 Å². The molecule has 0 bridgehead atoms. The van der Waals surface area contributed by atoms with Crippen LogP contribution in [-0.2, 0) is 20.5 Å². The highest BCUT2D eigenvalue weighted by Crippen LogP contribution is 2.34. The molecule has 1 fully saturated rings. The third kappa shape index (κ3) is 4.52. The zero-order valence-corrected chi connectivity index (χ0v) is 14.5. The number of benzene rings is 1. The second kappa shape index (κ2) is 7.61. The van der Waals surface area contributed by atoms with Crippen LogP contribution in [0.1, 0.15) is 44.2 Å². The Kier molecular flexibility index (Phi) is 5.91. The molecule has 142 valence electrons. The summed E-state index contributed by atoms with van der Waals surface area (Å²) in [6.45, 7) is 3.24. The fourth-order valence-electron chi connectivity index (χ4n) is 2.92. The van der Waals surface area contributed by atoms with E-state index in [9.17, 15) is 27.9 Å². The van der Waals surface area contributed by atoms with Crippen molar-refractivity contribution in [3.63, 3.8) is 0 Å². The molecule has 0 radical (unpaired) electrons. The predicted molar refractivity (Wildman–Crippen MR) is 89.0 cm³/mol. The highest BCUT2D eigenvalue weighted by Gasteiger charge is 2.48. The molecule has 1 aliphatic carbocycles.